The number of rotatable bonds is 1. The standard InChI is InChI=1S/C14H11NO.2C2H6/c16-14-13-9-5-4-6-11(13)10-15(14)12-7-2-1-3-8-12;2*1-2/h1-9H,10H2;2*1-2H3. The first-order chi connectivity index (χ1) is 9.86. The lowest BCUT2D eigenvalue weighted by molar-refractivity contribution is 0.0996. The molecule has 1 aliphatic rings. The molecule has 106 valence electrons. The molecule has 2 aromatic carbocycles. The Labute approximate surface area is 122 Å². The van der Waals surface area contributed by atoms with E-state index in [1.165, 1.54) is 0 Å². The summed E-state index contributed by atoms with van der Waals surface area (Å²) in [5.41, 5.74) is 2.89. The molecule has 0 unspecified atom stereocenters. The average molecular weight is 269 g/mol. The maximum absolute atomic E-state index is 12.1. The van der Waals surface area contributed by atoms with Gasteiger partial charge in [-0.2, -0.15) is 0 Å². The lowest BCUT2D eigenvalue weighted by Crippen LogP contribution is -2.22. The van der Waals surface area contributed by atoms with Crippen LogP contribution in [0, 0.1) is 0 Å². The normalized spacial score (nSPS) is 11.8. The molecule has 1 heterocycles. The molecule has 0 saturated heterocycles. The van der Waals surface area contributed by atoms with Crippen LogP contribution >= 0.6 is 0 Å². The minimum Gasteiger partial charge on any atom is -0.304 e. The van der Waals surface area contributed by atoms with E-state index in [0.29, 0.717) is 6.54 Å². The third kappa shape index (κ3) is 3.27. The number of benzene rings is 2. The molecular weight excluding hydrogens is 246 g/mol. The van der Waals surface area contributed by atoms with Gasteiger partial charge in [0.1, 0.15) is 0 Å². The van der Waals surface area contributed by atoms with Gasteiger partial charge in [-0.15, -0.1) is 0 Å². The Kier molecular flexibility index (Phi) is 6.51. The van der Waals surface area contributed by atoms with Crippen molar-refractivity contribution in [1.29, 1.82) is 0 Å². The summed E-state index contributed by atoms with van der Waals surface area (Å²) in [6.45, 7) is 8.68. The Bertz CT molecular complexity index is 534. The van der Waals surface area contributed by atoms with E-state index < -0.39 is 0 Å². The summed E-state index contributed by atoms with van der Waals surface area (Å²) in [5, 5.41) is 0. The first-order valence-corrected chi connectivity index (χ1v) is 7.31. The Hall–Kier alpha value is -2.09. The van der Waals surface area contributed by atoms with E-state index in [4.69, 9.17) is 0 Å². The predicted molar refractivity (Wildman–Crippen MR) is 86.1 cm³/mol. The highest BCUT2D eigenvalue weighted by Crippen LogP contribution is 2.27. The number of carbonyl (C=O) groups excluding carboxylic acids is 1. The van der Waals surface area contributed by atoms with Gasteiger partial charge in [0.2, 0.25) is 0 Å². The van der Waals surface area contributed by atoms with Crippen molar-refractivity contribution < 1.29 is 4.79 Å². The fourth-order valence-corrected chi connectivity index (χ4v) is 2.07. The van der Waals surface area contributed by atoms with Crippen LogP contribution in [-0.4, -0.2) is 5.91 Å². The van der Waals surface area contributed by atoms with Gasteiger partial charge < -0.3 is 4.90 Å². The summed E-state index contributed by atoms with van der Waals surface area (Å²) < 4.78 is 0. The molecule has 0 radical (unpaired) electrons. The molecule has 1 amide bonds. The average Bonchev–Trinajstić information content (AvgIpc) is 2.90. The van der Waals surface area contributed by atoms with Crippen molar-refractivity contribution in [3.8, 4) is 0 Å². The first-order valence-electron chi connectivity index (χ1n) is 7.31. The maximum Gasteiger partial charge on any atom is 0.258 e. The van der Waals surface area contributed by atoms with Crippen LogP contribution in [0.15, 0.2) is 54.6 Å². The quantitative estimate of drug-likeness (QED) is 0.721. The summed E-state index contributed by atoms with van der Waals surface area (Å²) in [6, 6.07) is 17.6. The zero-order valence-electron chi connectivity index (χ0n) is 12.8. The Balaban J connectivity index is 0.000000461. The molecule has 0 bridgehead atoms. The third-order valence-corrected chi connectivity index (χ3v) is 2.89. The predicted octanol–water partition coefficient (Wildman–Crippen LogP) is 4.90. The van der Waals surface area contributed by atoms with Crippen LogP contribution in [-0.2, 0) is 6.54 Å². The summed E-state index contributed by atoms with van der Waals surface area (Å²) in [6.07, 6.45) is 0. The van der Waals surface area contributed by atoms with Gasteiger partial charge in [0.25, 0.3) is 5.91 Å². The van der Waals surface area contributed by atoms with Gasteiger partial charge in [-0.3, -0.25) is 4.79 Å². The SMILES string of the molecule is CC.CC.O=C1c2ccccc2CN1c1ccccc1. The second-order valence-corrected chi connectivity index (χ2v) is 3.88. The van der Waals surface area contributed by atoms with Gasteiger partial charge in [0, 0.05) is 11.3 Å². The van der Waals surface area contributed by atoms with E-state index in [-0.39, 0.29) is 5.91 Å². The number of anilines is 1. The van der Waals surface area contributed by atoms with Crippen molar-refractivity contribution >= 4 is 11.6 Å². The van der Waals surface area contributed by atoms with Crippen LogP contribution in [0.4, 0.5) is 5.69 Å². The van der Waals surface area contributed by atoms with Crippen LogP contribution in [0.25, 0.3) is 0 Å². The van der Waals surface area contributed by atoms with Crippen LogP contribution in [0.1, 0.15) is 43.6 Å². The molecule has 0 N–H and O–H groups in total. The van der Waals surface area contributed by atoms with E-state index in [9.17, 15) is 4.79 Å². The van der Waals surface area contributed by atoms with Crippen LogP contribution in [0.3, 0.4) is 0 Å². The topological polar surface area (TPSA) is 20.3 Å². The molecule has 2 heteroatoms. The monoisotopic (exact) mass is 269 g/mol. The Morgan fingerprint density at radius 2 is 1.35 bits per heavy atom. The lowest BCUT2D eigenvalue weighted by atomic mass is 10.1. The van der Waals surface area contributed by atoms with Crippen molar-refractivity contribution in [1.82, 2.24) is 0 Å². The molecule has 3 rings (SSSR count). The van der Waals surface area contributed by atoms with Gasteiger partial charge in [-0.05, 0) is 23.8 Å². The molecule has 0 aromatic heterocycles. The largest absolute Gasteiger partial charge is 0.304 e. The zero-order chi connectivity index (χ0) is 15.0. The lowest BCUT2D eigenvalue weighted by Gasteiger charge is -2.15. The van der Waals surface area contributed by atoms with E-state index in [2.05, 4.69) is 0 Å². The molecule has 2 nitrogen and oxygen atoms in total. The fourth-order valence-electron chi connectivity index (χ4n) is 2.07. The summed E-state index contributed by atoms with van der Waals surface area (Å²) >= 11 is 0. The number of amides is 1. The highest BCUT2D eigenvalue weighted by molar-refractivity contribution is 6.09. The molecule has 0 atom stereocenters. The molecule has 0 spiro atoms. The van der Waals surface area contributed by atoms with Crippen LogP contribution in [0.5, 0.6) is 0 Å². The summed E-state index contributed by atoms with van der Waals surface area (Å²) in [4.78, 5) is 13.9. The minimum absolute atomic E-state index is 0.0989. The van der Waals surface area contributed by atoms with Crippen molar-refractivity contribution in [2.75, 3.05) is 4.90 Å². The number of carbonyl (C=O) groups is 1. The number of hydrogen-bond acceptors (Lipinski definition) is 1. The van der Waals surface area contributed by atoms with Crippen molar-refractivity contribution in [3.63, 3.8) is 0 Å². The molecule has 0 saturated carbocycles. The second kappa shape index (κ2) is 8.16. The highest BCUT2D eigenvalue weighted by atomic mass is 16.2. The fraction of sp³-hybridized carbons (Fsp3) is 0.278. The van der Waals surface area contributed by atoms with Gasteiger partial charge in [0.05, 0.1) is 6.54 Å². The molecule has 2 aromatic rings. The van der Waals surface area contributed by atoms with Crippen molar-refractivity contribution in [2.24, 2.45) is 0 Å². The van der Waals surface area contributed by atoms with Crippen LogP contribution in [0.2, 0.25) is 0 Å². The third-order valence-electron chi connectivity index (χ3n) is 2.89. The Morgan fingerprint density at radius 1 is 0.800 bits per heavy atom. The second-order valence-electron chi connectivity index (χ2n) is 3.88. The van der Waals surface area contributed by atoms with Crippen molar-refractivity contribution in [3.05, 3.63) is 65.7 Å². The molecule has 20 heavy (non-hydrogen) atoms. The van der Waals surface area contributed by atoms with Crippen LogP contribution < -0.4 is 4.90 Å². The number of fused-ring (bicyclic) bond motifs is 1. The molecule has 0 fully saturated rings. The molecule has 0 aliphatic carbocycles. The number of para-hydroxylation sites is 1. The van der Waals surface area contributed by atoms with E-state index >= 15 is 0 Å². The van der Waals surface area contributed by atoms with Gasteiger partial charge in [0.15, 0.2) is 0 Å². The highest BCUT2D eigenvalue weighted by Gasteiger charge is 2.27. The van der Waals surface area contributed by atoms with E-state index in [1.807, 2.05) is 87.2 Å². The zero-order valence-corrected chi connectivity index (χ0v) is 12.8. The van der Waals surface area contributed by atoms with Crippen molar-refractivity contribution in [2.45, 2.75) is 34.2 Å². The first kappa shape index (κ1) is 16.0. The number of nitrogens with zero attached hydrogens (tertiary/aromatic N) is 1. The van der Waals surface area contributed by atoms with Gasteiger partial charge in [-0.1, -0.05) is 64.1 Å². The molecular formula is C18H23NO. The molecule has 1 aliphatic heterocycles. The minimum atomic E-state index is 0.0989. The van der Waals surface area contributed by atoms with E-state index in [1.54, 1.807) is 0 Å². The summed E-state index contributed by atoms with van der Waals surface area (Å²) in [7, 11) is 0. The summed E-state index contributed by atoms with van der Waals surface area (Å²) in [5.74, 6) is 0.0989. The maximum atomic E-state index is 12.1. The van der Waals surface area contributed by atoms with E-state index in [0.717, 1.165) is 16.8 Å². The smallest absolute Gasteiger partial charge is 0.258 e. The Morgan fingerprint density at radius 3 is 1.95 bits per heavy atom. The van der Waals surface area contributed by atoms with Gasteiger partial charge in [-0.25, -0.2) is 0 Å². The number of hydrogen-bond donors (Lipinski definition) is 0. The van der Waals surface area contributed by atoms with Gasteiger partial charge >= 0.3 is 0 Å².